The highest BCUT2D eigenvalue weighted by Crippen LogP contribution is 2.40. The average molecular weight is 443 g/mol. The second-order valence-corrected chi connectivity index (χ2v) is 6.21. The molecule has 0 spiro atoms. The van der Waals surface area contributed by atoms with Crippen molar-refractivity contribution in [2.24, 2.45) is 5.10 Å². The zero-order chi connectivity index (χ0) is 17.0. The largest absolute Gasteiger partial charge is 0.506 e. The number of hydrogen-bond donors (Lipinski definition) is 3. The Hall–Kier alpha value is -1.93. The molecule has 0 unspecified atom stereocenters. The Bertz CT molecular complexity index is 762. The molecule has 0 aliphatic carbocycles. The molecule has 2 aromatic rings. The summed E-state index contributed by atoms with van der Waals surface area (Å²) in [6.07, 6.45) is 3.75. The molecule has 1 aromatic heterocycles. The molecule has 1 aromatic carbocycles. The van der Waals surface area contributed by atoms with Gasteiger partial charge in [0.15, 0.2) is 0 Å². The second-order valence-electron chi connectivity index (χ2n) is 4.56. The first kappa shape index (κ1) is 17.4. The van der Waals surface area contributed by atoms with Crippen LogP contribution < -0.4 is 5.43 Å². The lowest BCUT2D eigenvalue weighted by Crippen LogP contribution is -2.19. The van der Waals surface area contributed by atoms with E-state index in [0.717, 1.165) is 12.0 Å². The predicted molar refractivity (Wildman–Crippen MR) is 93.8 cm³/mol. The van der Waals surface area contributed by atoms with Gasteiger partial charge in [0.05, 0.1) is 10.7 Å². The van der Waals surface area contributed by atoms with E-state index >= 15 is 0 Å². The van der Waals surface area contributed by atoms with E-state index in [9.17, 15) is 15.0 Å². The molecular formula is C15H13Br2N3O3. The van der Waals surface area contributed by atoms with Gasteiger partial charge in [-0.25, -0.2) is 5.43 Å². The van der Waals surface area contributed by atoms with Crippen molar-refractivity contribution in [3.8, 4) is 11.5 Å². The SMILES string of the molecule is CCc1ccc(C(=O)NN=Cc2cc(Br)c(O)c(Br)c2O)nc1. The van der Waals surface area contributed by atoms with Gasteiger partial charge in [-0.3, -0.25) is 9.78 Å². The summed E-state index contributed by atoms with van der Waals surface area (Å²) in [6.45, 7) is 2.00. The Morgan fingerprint density at radius 2 is 2.09 bits per heavy atom. The number of rotatable bonds is 4. The summed E-state index contributed by atoms with van der Waals surface area (Å²) in [6, 6.07) is 4.92. The molecule has 0 saturated carbocycles. The molecule has 2 rings (SSSR count). The third-order valence-electron chi connectivity index (χ3n) is 3.03. The van der Waals surface area contributed by atoms with Gasteiger partial charge in [0, 0.05) is 11.8 Å². The van der Waals surface area contributed by atoms with E-state index < -0.39 is 5.91 Å². The monoisotopic (exact) mass is 441 g/mol. The Balaban J connectivity index is 2.11. The van der Waals surface area contributed by atoms with Crippen molar-refractivity contribution in [1.82, 2.24) is 10.4 Å². The van der Waals surface area contributed by atoms with Gasteiger partial charge < -0.3 is 10.2 Å². The molecule has 1 amide bonds. The minimum atomic E-state index is -0.458. The number of aromatic hydroxyl groups is 2. The number of benzene rings is 1. The highest BCUT2D eigenvalue weighted by Gasteiger charge is 2.13. The molecular weight excluding hydrogens is 430 g/mol. The van der Waals surface area contributed by atoms with Crippen LogP contribution in [0.4, 0.5) is 0 Å². The van der Waals surface area contributed by atoms with Crippen molar-refractivity contribution in [2.45, 2.75) is 13.3 Å². The number of carbonyl (C=O) groups excluding carboxylic acids is 1. The van der Waals surface area contributed by atoms with Crippen molar-refractivity contribution in [2.75, 3.05) is 0 Å². The number of carbonyl (C=O) groups is 1. The van der Waals surface area contributed by atoms with Crippen molar-refractivity contribution in [3.05, 3.63) is 50.2 Å². The van der Waals surface area contributed by atoms with Gasteiger partial charge in [-0.2, -0.15) is 5.10 Å². The topological polar surface area (TPSA) is 94.8 Å². The van der Waals surface area contributed by atoms with Gasteiger partial charge in [0.2, 0.25) is 0 Å². The summed E-state index contributed by atoms with van der Waals surface area (Å²) in [4.78, 5) is 15.9. The first-order valence-electron chi connectivity index (χ1n) is 6.62. The zero-order valence-electron chi connectivity index (χ0n) is 12.0. The smallest absolute Gasteiger partial charge is 0.289 e. The standard InChI is InChI=1S/C15H13Br2N3O3/c1-2-8-3-4-11(18-6-8)15(23)20-19-7-9-5-10(16)14(22)12(17)13(9)21/h3-7,21-22H,2H2,1H3,(H,20,23). The fourth-order valence-corrected chi connectivity index (χ4v) is 2.85. The molecule has 8 heteroatoms. The van der Waals surface area contributed by atoms with Crippen LogP contribution in [0.15, 0.2) is 38.4 Å². The van der Waals surface area contributed by atoms with E-state index in [2.05, 4.69) is 47.4 Å². The van der Waals surface area contributed by atoms with Crippen LogP contribution in [-0.2, 0) is 6.42 Å². The number of nitrogens with zero attached hydrogens (tertiary/aromatic N) is 2. The summed E-state index contributed by atoms with van der Waals surface area (Å²) in [5.41, 5.74) is 3.93. The summed E-state index contributed by atoms with van der Waals surface area (Å²) >= 11 is 6.21. The molecule has 0 fully saturated rings. The third kappa shape index (κ3) is 4.08. The van der Waals surface area contributed by atoms with E-state index in [-0.39, 0.29) is 21.7 Å². The Morgan fingerprint density at radius 3 is 2.70 bits per heavy atom. The van der Waals surface area contributed by atoms with E-state index in [0.29, 0.717) is 10.0 Å². The number of hydrogen-bond acceptors (Lipinski definition) is 5. The maximum Gasteiger partial charge on any atom is 0.289 e. The molecule has 3 N–H and O–H groups in total. The number of aromatic nitrogens is 1. The normalized spacial score (nSPS) is 10.9. The maximum absolute atomic E-state index is 11.9. The van der Waals surface area contributed by atoms with Gasteiger partial charge in [0.1, 0.15) is 21.7 Å². The van der Waals surface area contributed by atoms with E-state index in [1.54, 1.807) is 12.3 Å². The third-order valence-corrected chi connectivity index (χ3v) is 4.39. The first-order chi connectivity index (χ1) is 10.9. The Morgan fingerprint density at radius 1 is 1.35 bits per heavy atom. The molecule has 0 radical (unpaired) electrons. The van der Waals surface area contributed by atoms with Gasteiger partial charge in [0.25, 0.3) is 5.91 Å². The molecule has 120 valence electrons. The lowest BCUT2D eigenvalue weighted by Gasteiger charge is -2.06. The van der Waals surface area contributed by atoms with E-state index in [4.69, 9.17) is 0 Å². The van der Waals surface area contributed by atoms with Crippen LogP contribution in [-0.4, -0.2) is 27.3 Å². The molecule has 1 heterocycles. The number of amides is 1. The Kier molecular flexibility index (Phi) is 5.73. The highest BCUT2D eigenvalue weighted by atomic mass is 79.9. The van der Waals surface area contributed by atoms with E-state index in [1.807, 2.05) is 13.0 Å². The molecule has 0 saturated heterocycles. The van der Waals surface area contributed by atoms with Crippen LogP contribution in [0.1, 0.15) is 28.5 Å². The molecule has 6 nitrogen and oxygen atoms in total. The van der Waals surface area contributed by atoms with E-state index in [1.165, 1.54) is 12.3 Å². The summed E-state index contributed by atoms with van der Waals surface area (Å²) < 4.78 is 0.517. The molecule has 23 heavy (non-hydrogen) atoms. The van der Waals surface area contributed by atoms with Gasteiger partial charge in [-0.1, -0.05) is 13.0 Å². The van der Waals surface area contributed by atoms with Gasteiger partial charge >= 0.3 is 0 Å². The minimum Gasteiger partial charge on any atom is -0.506 e. The van der Waals surface area contributed by atoms with Crippen molar-refractivity contribution < 1.29 is 15.0 Å². The van der Waals surface area contributed by atoms with Crippen LogP contribution >= 0.6 is 31.9 Å². The maximum atomic E-state index is 11.9. The van der Waals surface area contributed by atoms with Gasteiger partial charge in [-0.05, 0) is 56.0 Å². The molecule has 0 aliphatic rings. The molecule has 0 atom stereocenters. The second kappa shape index (κ2) is 7.56. The van der Waals surface area contributed by atoms with Gasteiger partial charge in [-0.15, -0.1) is 0 Å². The number of phenolic OH excluding ortho intramolecular Hbond substituents is 2. The number of aryl methyl sites for hydroxylation is 1. The summed E-state index contributed by atoms with van der Waals surface area (Å²) in [5, 5.41) is 23.3. The molecule has 0 aliphatic heterocycles. The number of hydrazone groups is 1. The van der Waals surface area contributed by atoms with Crippen LogP contribution in [0.25, 0.3) is 0 Å². The van der Waals surface area contributed by atoms with Crippen LogP contribution in [0, 0.1) is 0 Å². The zero-order valence-corrected chi connectivity index (χ0v) is 15.2. The van der Waals surface area contributed by atoms with Crippen LogP contribution in [0.2, 0.25) is 0 Å². The lowest BCUT2D eigenvalue weighted by atomic mass is 10.2. The number of nitrogens with one attached hydrogen (secondary N) is 1. The fourth-order valence-electron chi connectivity index (χ4n) is 1.70. The van der Waals surface area contributed by atoms with Crippen molar-refractivity contribution in [1.29, 1.82) is 0 Å². The van der Waals surface area contributed by atoms with Crippen LogP contribution in [0.5, 0.6) is 11.5 Å². The first-order valence-corrected chi connectivity index (χ1v) is 8.20. The molecule has 0 bridgehead atoms. The quantitative estimate of drug-likeness (QED) is 0.499. The van der Waals surface area contributed by atoms with Crippen molar-refractivity contribution in [3.63, 3.8) is 0 Å². The highest BCUT2D eigenvalue weighted by molar-refractivity contribution is 9.11. The van der Waals surface area contributed by atoms with Crippen molar-refractivity contribution >= 4 is 44.0 Å². The summed E-state index contributed by atoms with van der Waals surface area (Å²) in [7, 11) is 0. The Labute approximate surface area is 149 Å². The predicted octanol–water partition coefficient (Wildman–Crippen LogP) is 3.34. The lowest BCUT2D eigenvalue weighted by molar-refractivity contribution is 0.0950. The van der Waals surface area contributed by atoms with Crippen LogP contribution in [0.3, 0.4) is 0 Å². The number of halogens is 2. The minimum absolute atomic E-state index is 0.121. The summed E-state index contributed by atoms with van der Waals surface area (Å²) in [5.74, 6) is -0.765. The number of phenols is 2. The average Bonchev–Trinajstić information content (AvgIpc) is 2.57. The fraction of sp³-hybridized carbons (Fsp3) is 0.133. The number of pyridine rings is 1.